The van der Waals surface area contributed by atoms with E-state index >= 15 is 0 Å². The highest BCUT2D eigenvalue weighted by molar-refractivity contribution is 5.82. The first-order valence-corrected chi connectivity index (χ1v) is 4.78. The Hall–Kier alpha value is -1.70. The van der Waals surface area contributed by atoms with E-state index in [1.807, 2.05) is 0 Å². The van der Waals surface area contributed by atoms with Gasteiger partial charge in [0.2, 0.25) is 0 Å². The van der Waals surface area contributed by atoms with Crippen LogP contribution in [-0.2, 0) is 4.79 Å². The summed E-state index contributed by atoms with van der Waals surface area (Å²) in [4.78, 5) is 21.7. The van der Waals surface area contributed by atoms with Gasteiger partial charge in [-0.3, -0.25) is 0 Å². The molecular formula is C10H16N2O3. The van der Waals surface area contributed by atoms with Crippen molar-refractivity contribution in [3.8, 4) is 11.8 Å². The van der Waals surface area contributed by atoms with Crippen molar-refractivity contribution in [2.24, 2.45) is 0 Å². The molecule has 3 N–H and O–H groups in total. The Morgan fingerprint density at radius 3 is 2.60 bits per heavy atom. The number of amides is 2. The molecule has 0 spiro atoms. The third-order valence-electron chi connectivity index (χ3n) is 1.72. The van der Waals surface area contributed by atoms with Crippen LogP contribution in [0.4, 0.5) is 4.79 Å². The summed E-state index contributed by atoms with van der Waals surface area (Å²) >= 11 is 0. The first kappa shape index (κ1) is 13.3. The van der Waals surface area contributed by atoms with E-state index in [1.165, 1.54) is 0 Å². The van der Waals surface area contributed by atoms with Crippen LogP contribution < -0.4 is 10.6 Å². The van der Waals surface area contributed by atoms with Crippen molar-refractivity contribution < 1.29 is 14.7 Å². The predicted octanol–water partition coefficient (Wildman–Crippen LogP) is 0.562. The van der Waals surface area contributed by atoms with Crippen LogP contribution in [0.1, 0.15) is 26.7 Å². The SMILES string of the molecule is CC#CCCNC(=O)NC(CC)C(=O)O. The summed E-state index contributed by atoms with van der Waals surface area (Å²) in [5, 5.41) is 13.5. The van der Waals surface area contributed by atoms with Gasteiger partial charge in [0.25, 0.3) is 0 Å². The molecule has 15 heavy (non-hydrogen) atoms. The van der Waals surface area contributed by atoms with Crippen LogP contribution in [0.5, 0.6) is 0 Å². The van der Waals surface area contributed by atoms with Gasteiger partial charge in [-0.1, -0.05) is 6.92 Å². The molecule has 0 rings (SSSR count). The molecule has 0 aliphatic carbocycles. The Morgan fingerprint density at radius 1 is 1.47 bits per heavy atom. The molecule has 0 saturated carbocycles. The van der Waals surface area contributed by atoms with Crippen molar-refractivity contribution in [2.75, 3.05) is 6.54 Å². The predicted molar refractivity (Wildman–Crippen MR) is 56.3 cm³/mol. The zero-order valence-electron chi connectivity index (χ0n) is 8.96. The van der Waals surface area contributed by atoms with E-state index in [0.717, 1.165) is 0 Å². The number of carbonyl (C=O) groups excluding carboxylic acids is 1. The summed E-state index contributed by atoms with van der Waals surface area (Å²) in [5.41, 5.74) is 0. The van der Waals surface area contributed by atoms with Crippen LogP contribution >= 0.6 is 0 Å². The number of rotatable bonds is 5. The van der Waals surface area contributed by atoms with Gasteiger partial charge < -0.3 is 15.7 Å². The van der Waals surface area contributed by atoms with E-state index < -0.39 is 18.0 Å². The summed E-state index contributed by atoms with van der Waals surface area (Å²) in [5.74, 6) is 4.45. The fourth-order valence-electron chi connectivity index (χ4n) is 0.911. The highest BCUT2D eigenvalue weighted by Gasteiger charge is 2.16. The van der Waals surface area contributed by atoms with Crippen molar-refractivity contribution in [3.63, 3.8) is 0 Å². The van der Waals surface area contributed by atoms with Crippen LogP contribution in [0.3, 0.4) is 0 Å². The van der Waals surface area contributed by atoms with Crippen LogP contribution in [-0.4, -0.2) is 29.7 Å². The molecule has 84 valence electrons. The third-order valence-corrected chi connectivity index (χ3v) is 1.72. The summed E-state index contributed by atoms with van der Waals surface area (Å²) < 4.78 is 0. The van der Waals surface area contributed by atoms with Gasteiger partial charge in [-0.15, -0.1) is 11.8 Å². The van der Waals surface area contributed by atoms with Gasteiger partial charge in [-0.25, -0.2) is 9.59 Å². The van der Waals surface area contributed by atoms with Crippen LogP contribution in [0.15, 0.2) is 0 Å². The van der Waals surface area contributed by atoms with Crippen molar-refractivity contribution in [1.82, 2.24) is 10.6 Å². The van der Waals surface area contributed by atoms with Crippen molar-refractivity contribution in [1.29, 1.82) is 0 Å². The molecule has 0 saturated heterocycles. The van der Waals surface area contributed by atoms with Crippen molar-refractivity contribution >= 4 is 12.0 Å². The number of aliphatic carboxylic acids is 1. The largest absolute Gasteiger partial charge is 0.480 e. The second-order valence-corrected chi connectivity index (χ2v) is 2.88. The monoisotopic (exact) mass is 212 g/mol. The molecule has 0 aliphatic heterocycles. The van der Waals surface area contributed by atoms with Gasteiger partial charge in [0.05, 0.1) is 0 Å². The number of nitrogens with one attached hydrogen (secondary N) is 2. The first-order valence-electron chi connectivity index (χ1n) is 4.78. The molecule has 0 bridgehead atoms. The van der Waals surface area contributed by atoms with Crippen molar-refractivity contribution in [3.05, 3.63) is 0 Å². The quantitative estimate of drug-likeness (QED) is 0.460. The average Bonchev–Trinajstić information content (AvgIpc) is 2.20. The Bertz CT molecular complexity index is 278. The fourth-order valence-corrected chi connectivity index (χ4v) is 0.911. The summed E-state index contributed by atoms with van der Waals surface area (Å²) in [6.45, 7) is 3.84. The van der Waals surface area contributed by atoms with Gasteiger partial charge >= 0.3 is 12.0 Å². The molecule has 5 heteroatoms. The topological polar surface area (TPSA) is 78.4 Å². The lowest BCUT2D eigenvalue weighted by Gasteiger charge is -2.12. The van der Waals surface area contributed by atoms with Gasteiger partial charge in [0.1, 0.15) is 6.04 Å². The maximum Gasteiger partial charge on any atom is 0.326 e. The molecule has 0 aromatic heterocycles. The average molecular weight is 212 g/mol. The minimum Gasteiger partial charge on any atom is -0.480 e. The smallest absolute Gasteiger partial charge is 0.326 e. The van der Waals surface area contributed by atoms with Gasteiger partial charge in [-0.05, 0) is 13.3 Å². The maximum absolute atomic E-state index is 11.1. The molecule has 1 unspecified atom stereocenters. The van der Waals surface area contributed by atoms with Crippen molar-refractivity contribution in [2.45, 2.75) is 32.7 Å². The van der Waals surface area contributed by atoms with E-state index in [0.29, 0.717) is 19.4 Å². The summed E-state index contributed by atoms with van der Waals surface area (Å²) in [6.07, 6.45) is 0.922. The van der Waals surface area contributed by atoms with Crippen LogP contribution in [0, 0.1) is 11.8 Å². The number of hydrogen-bond acceptors (Lipinski definition) is 2. The highest BCUT2D eigenvalue weighted by Crippen LogP contribution is 1.90. The molecule has 2 amide bonds. The van der Waals surface area contributed by atoms with Gasteiger partial charge in [0, 0.05) is 13.0 Å². The van der Waals surface area contributed by atoms with E-state index in [2.05, 4.69) is 22.5 Å². The number of carbonyl (C=O) groups is 2. The Labute approximate surface area is 89.2 Å². The zero-order chi connectivity index (χ0) is 11.7. The number of hydrogen-bond donors (Lipinski definition) is 3. The number of urea groups is 1. The molecular weight excluding hydrogens is 196 g/mol. The zero-order valence-corrected chi connectivity index (χ0v) is 8.96. The Morgan fingerprint density at radius 2 is 2.13 bits per heavy atom. The van der Waals surface area contributed by atoms with E-state index in [9.17, 15) is 9.59 Å². The summed E-state index contributed by atoms with van der Waals surface area (Å²) in [7, 11) is 0. The lowest BCUT2D eigenvalue weighted by molar-refractivity contribution is -0.139. The van der Waals surface area contributed by atoms with Gasteiger partial charge in [-0.2, -0.15) is 0 Å². The Kier molecular flexibility index (Phi) is 6.81. The molecule has 0 aliphatic rings. The molecule has 0 fully saturated rings. The van der Waals surface area contributed by atoms with Gasteiger partial charge in [0.15, 0.2) is 0 Å². The lowest BCUT2D eigenvalue weighted by Crippen LogP contribution is -2.45. The molecule has 0 heterocycles. The van der Waals surface area contributed by atoms with Crippen LogP contribution in [0.2, 0.25) is 0 Å². The van der Waals surface area contributed by atoms with Crippen LogP contribution in [0.25, 0.3) is 0 Å². The Balaban J connectivity index is 3.79. The second kappa shape index (κ2) is 7.68. The molecule has 0 aromatic carbocycles. The lowest BCUT2D eigenvalue weighted by atomic mass is 10.2. The normalized spacial score (nSPS) is 10.8. The minimum atomic E-state index is -1.03. The first-order chi connectivity index (χ1) is 7.11. The second-order valence-electron chi connectivity index (χ2n) is 2.88. The molecule has 0 radical (unpaired) electrons. The maximum atomic E-state index is 11.1. The molecule has 0 aromatic rings. The fraction of sp³-hybridized carbons (Fsp3) is 0.600. The minimum absolute atomic E-state index is 0.359. The van der Waals surface area contributed by atoms with E-state index in [1.54, 1.807) is 13.8 Å². The third kappa shape index (κ3) is 6.38. The number of carboxylic acids is 1. The molecule has 1 atom stereocenters. The van der Waals surface area contributed by atoms with E-state index in [-0.39, 0.29) is 0 Å². The standard InChI is InChI=1S/C10H16N2O3/c1-3-5-6-7-11-10(15)12-8(4-2)9(13)14/h8H,4,6-7H2,1-2H3,(H,13,14)(H2,11,12,15). The summed E-state index contributed by atoms with van der Waals surface area (Å²) in [6, 6.07) is -1.30. The van der Waals surface area contributed by atoms with E-state index in [4.69, 9.17) is 5.11 Å². The molecule has 5 nitrogen and oxygen atoms in total. The highest BCUT2D eigenvalue weighted by atomic mass is 16.4. The number of carboxylic acid groups (broad SMARTS) is 1.